The molecular weight excluding hydrogens is 256 g/mol. The Kier molecular flexibility index (Phi) is 4.14. The van der Waals surface area contributed by atoms with Gasteiger partial charge >= 0.3 is 0 Å². The van der Waals surface area contributed by atoms with Crippen molar-refractivity contribution in [3.63, 3.8) is 0 Å². The second-order valence-electron chi connectivity index (χ2n) is 4.88. The van der Waals surface area contributed by atoms with Gasteiger partial charge in [0.15, 0.2) is 0 Å². The van der Waals surface area contributed by atoms with Crippen LogP contribution in [0.2, 0.25) is 0 Å². The van der Waals surface area contributed by atoms with Gasteiger partial charge in [-0.3, -0.25) is 0 Å². The van der Waals surface area contributed by atoms with E-state index in [0.29, 0.717) is 0 Å². The molecule has 0 radical (unpaired) electrons. The summed E-state index contributed by atoms with van der Waals surface area (Å²) in [4.78, 5) is 2.71. The standard InChI is InChI=1S/C14H22N4S/c1-5-6-18-14(13(15)10(3)17-18)16-8-12-7-9(2)11(4)19-12/h7,16H,5-6,8,15H2,1-4H3. The molecule has 0 atom stereocenters. The van der Waals surface area contributed by atoms with Crippen LogP contribution >= 0.6 is 11.3 Å². The SMILES string of the molecule is CCCn1nc(C)c(N)c1NCc1cc(C)c(C)s1. The molecule has 0 aliphatic carbocycles. The lowest BCUT2D eigenvalue weighted by molar-refractivity contribution is 0.603. The van der Waals surface area contributed by atoms with Crippen molar-refractivity contribution in [2.45, 2.75) is 47.2 Å². The number of nitrogen functional groups attached to an aromatic ring is 1. The Bertz CT molecular complexity index is 549. The summed E-state index contributed by atoms with van der Waals surface area (Å²) in [6.07, 6.45) is 1.05. The van der Waals surface area contributed by atoms with Crippen LogP contribution in [0.25, 0.3) is 0 Å². The molecule has 104 valence electrons. The molecule has 3 N–H and O–H groups in total. The topological polar surface area (TPSA) is 55.9 Å². The van der Waals surface area contributed by atoms with E-state index in [-0.39, 0.29) is 0 Å². The smallest absolute Gasteiger partial charge is 0.148 e. The van der Waals surface area contributed by atoms with Gasteiger partial charge in [0.1, 0.15) is 5.82 Å². The number of anilines is 2. The summed E-state index contributed by atoms with van der Waals surface area (Å²) < 4.78 is 1.97. The number of nitrogens with two attached hydrogens (primary N) is 1. The predicted molar refractivity (Wildman–Crippen MR) is 82.8 cm³/mol. The van der Waals surface area contributed by atoms with Gasteiger partial charge in [-0.1, -0.05) is 6.92 Å². The average Bonchev–Trinajstić information content (AvgIpc) is 2.80. The van der Waals surface area contributed by atoms with Gasteiger partial charge in [-0.05, 0) is 38.8 Å². The summed E-state index contributed by atoms with van der Waals surface area (Å²) in [5, 5.41) is 7.90. The third-order valence-corrected chi connectivity index (χ3v) is 4.41. The molecular formula is C14H22N4S. The fraction of sp³-hybridized carbons (Fsp3) is 0.500. The molecule has 0 spiro atoms. The summed E-state index contributed by atoms with van der Waals surface area (Å²) in [5.41, 5.74) is 9.11. The van der Waals surface area contributed by atoms with Gasteiger partial charge in [-0.15, -0.1) is 11.3 Å². The Balaban J connectivity index is 2.14. The largest absolute Gasteiger partial charge is 0.394 e. The monoisotopic (exact) mass is 278 g/mol. The van der Waals surface area contributed by atoms with Gasteiger partial charge in [0.2, 0.25) is 0 Å². The fourth-order valence-corrected chi connectivity index (χ4v) is 3.06. The van der Waals surface area contributed by atoms with E-state index in [2.05, 4.69) is 37.3 Å². The average molecular weight is 278 g/mol. The normalized spacial score (nSPS) is 10.9. The lowest BCUT2D eigenvalue weighted by atomic mass is 10.3. The molecule has 19 heavy (non-hydrogen) atoms. The Morgan fingerprint density at radius 2 is 2.11 bits per heavy atom. The van der Waals surface area contributed by atoms with Crippen LogP contribution in [-0.4, -0.2) is 9.78 Å². The highest BCUT2D eigenvalue weighted by Crippen LogP contribution is 2.25. The van der Waals surface area contributed by atoms with Crippen LogP contribution < -0.4 is 11.1 Å². The van der Waals surface area contributed by atoms with Crippen molar-refractivity contribution in [3.05, 3.63) is 27.1 Å². The van der Waals surface area contributed by atoms with Gasteiger partial charge in [0, 0.05) is 16.3 Å². The quantitative estimate of drug-likeness (QED) is 0.880. The number of thiophene rings is 1. The van der Waals surface area contributed by atoms with Crippen LogP contribution in [0.15, 0.2) is 6.07 Å². The number of nitrogens with one attached hydrogen (secondary N) is 1. The molecule has 0 saturated carbocycles. The lowest BCUT2D eigenvalue weighted by Gasteiger charge is -2.09. The van der Waals surface area contributed by atoms with Crippen LogP contribution in [0.1, 0.15) is 34.4 Å². The number of aryl methyl sites for hydroxylation is 4. The first kappa shape index (κ1) is 13.9. The van der Waals surface area contributed by atoms with Crippen LogP contribution in [0.4, 0.5) is 11.5 Å². The molecule has 0 aliphatic rings. The summed E-state index contributed by atoms with van der Waals surface area (Å²) in [6.45, 7) is 10.1. The number of aromatic nitrogens is 2. The molecule has 4 nitrogen and oxygen atoms in total. The third kappa shape index (κ3) is 2.92. The zero-order valence-electron chi connectivity index (χ0n) is 12.1. The Labute approximate surface area is 118 Å². The van der Waals surface area contributed by atoms with Crippen molar-refractivity contribution < 1.29 is 0 Å². The van der Waals surface area contributed by atoms with E-state index in [1.165, 1.54) is 15.3 Å². The maximum atomic E-state index is 6.09. The van der Waals surface area contributed by atoms with Crippen LogP contribution in [0, 0.1) is 20.8 Å². The number of hydrogen-bond acceptors (Lipinski definition) is 4. The molecule has 0 saturated heterocycles. The summed E-state index contributed by atoms with van der Waals surface area (Å²) >= 11 is 1.83. The summed E-state index contributed by atoms with van der Waals surface area (Å²) in [5.74, 6) is 0.947. The number of hydrogen-bond donors (Lipinski definition) is 2. The van der Waals surface area contributed by atoms with Crippen molar-refractivity contribution >= 4 is 22.8 Å². The lowest BCUT2D eigenvalue weighted by Crippen LogP contribution is -2.08. The van der Waals surface area contributed by atoms with Crippen molar-refractivity contribution in [1.82, 2.24) is 9.78 Å². The minimum atomic E-state index is 0.762. The van der Waals surface area contributed by atoms with Crippen molar-refractivity contribution in [2.24, 2.45) is 0 Å². The molecule has 2 aromatic rings. The first-order valence-corrected chi connectivity index (χ1v) is 7.47. The third-order valence-electron chi connectivity index (χ3n) is 3.26. The summed E-state index contributed by atoms with van der Waals surface area (Å²) in [6, 6.07) is 2.23. The molecule has 0 aromatic carbocycles. The van der Waals surface area contributed by atoms with Crippen molar-refractivity contribution in [3.8, 4) is 0 Å². The van der Waals surface area contributed by atoms with E-state index in [9.17, 15) is 0 Å². The highest BCUT2D eigenvalue weighted by molar-refractivity contribution is 7.12. The molecule has 0 unspecified atom stereocenters. The second-order valence-corrected chi connectivity index (χ2v) is 6.22. The first-order chi connectivity index (χ1) is 9.02. The highest BCUT2D eigenvalue weighted by atomic mass is 32.1. The van der Waals surface area contributed by atoms with E-state index in [4.69, 9.17) is 5.73 Å². The molecule has 5 heteroatoms. The van der Waals surface area contributed by atoms with Gasteiger partial charge in [-0.2, -0.15) is 5.10 Å². The molecule has 0 bridgehead atoms. The van der Waals surface area contributed by atoms with Crippen LogP contribution in [-0.2, 0) is 13.1 Å². The van der Waals surface area contributed by atoms with Gasteiger partial charge in [-0.25, -0.2) is 4.68 Å². The summed E-state index contributed by atoms with van der Waals surface area (Å²) in [7, 11) is 0. The van der Waals surface area contributed by atoms with Crippen LogP contribution in [0.5, 0.6) is 0 Å². The zero-order valence-corrected chi connectivity index (χ0v) is 12.9. The Morgan fingerprint density at radius 1 is 1.37 bits per heavy atom. The minimum Gasteiger partial charge on any atom is -0.394 e. The maximum absolute atomic E-state index is 6.09. The van der Waals surface area contributed by atoms with Gasteiger partial charge in [0.05, 0.1) is 17.9 Å². The fourth-order valence-electron chi connectivity index (χ4n) is 2.06. The second kappa shape index (κ2) is 5.65. The van der Waals surface area contributed by atoms with E-state index in [1.807, 2.05) is 22.9 Å². The van der Waals surface area contributed by atoms with Crippen molar-refractivity contribution in [2.75, 3.05) is 11.1 Å². The van der Waals surface area contributed by atoms with Gasteiger partial charge in [0.25, 0.3) is 0 Å². The minimum absolute atomic E-state index is 0.762. The first-order valence-electron chi connectivity index (χ1n) is 6.65. The molecule has 0 fully saturated rings. The van der Waals surface area contributed by atoms with Crippen LogP contribution in [0.3, 0.4) is 0 Å². The van der Waals surface area contributed by atoms with E-state index in [0.717, 1.165) is 36.7 Å². The molecule has 2 rings (SSSR count). The number of rotatable bonds is 5. The molecule has 2 aromatic heterocycles. The molecule has 0 amide bonds. The van der Waals surface area contributed by atoms with Crippen molar-refractivity contribution in [1.29, 1.82) is 0 Å². The molecule has 2 heterocycles. The van der Waals surface area contributed by atoms with Gasteiger partial charge < -0.3 is 11.1 Å². The van der Waals surface area contributed by atoms with E-state index >= 15 is 0 Å². The maximum Gasteiger partial charge on any atom is 0.148 e. The number of nitrogens with zero attached hydrogens (tertiary/aromatic N) is 2. The Morgan fingerprint density at radius 3 is 2.68 bits per heavy atom. The molecule has 0 aliphatic heterocycles. The zero-order chi connectivity index (χ0) is 14.0. The van der Waals surface area contributed by atoms with E-state index < -0.39 is 0 Å². The Hall–Kier alpha value is -1.49. The highest BCUT2D eigenvalue weighted by Gasteiger charge is 2.12. The van der Waals surface area contributed by atoms with E-state index in [1.54, 1.807) is 0 Å². The predicted octanol–water partition coefficient (Wildman–Crippen LogP) is 3.47.